The summed E-state index contributed by atoms with van der Waals surface area (Å²) in [6, 6.07) is 6.12. The molecule has 0 bridgehead atoms. The molecule has 0 amide bonds. The Kier molecular flexibility index (Phi) is 3.59. The van der Waals surface area contributed by atoms with Crippen LogP contribution in [0, 0.1) is 0 Å². The number of aromatic carboxylic acids is 1. The fourth-order valence-corrected chi connectivity index (χ4v) is 1.87. The normalized spacial score (nSPS) is 12.0. The van der Waals surface area contributed by atoms with Crippen molar-refractivity contribution in [2.24, 2.45) is 0 Å². The number of rotatable bonds is 4. The predicted molar refractivity (Wildman–Crippen MR) is 54.9 cm³/mol. The van der Waals surface area contributed by atoms with Crippen molar-refractivity contribution in [2.45, 2.75) is 4.90 Å². The quantitative estimate of drug-likeness (QED) is 0.769. The topological polar surface area (TPSA) is 54.4 Å². The first kappa shape index (κ1) is 10.7. The number of hydrogen-bond acceptors (Lipinski definition) is 2. The molecular weight excluding hydrogens is 200 g/mol. The monoisotopic (exact) mass is 210 g/mol. The molecule has 4 heteroatoms. The van der Waals surface area contributed by atoms with Crippen LogP contribution in [0.2, 0.25) is 0 Å². The van der Waals surface area contributed by atoms with Crippen LogP contribution >= 0.6 is 0 Å². The molecule has 3 nitrogen and oxygen atoms in total. The van der Waals surface area contributed by atoms with Gasteiger partial charge < -0.3 is 5.11 Å². The lowest BCUT2D eigenvalue weighted by Gasteiger charge is -2.00. The van der Waals surface area contributed by atoms with Crippen molar-refractivity contribution in [3.8, 4) is 0 Å². The highest BCUT2D eigenvalue weighted by molar-refractivity contribution is 7.85. The van der Waals surface area contributed by atoms with Crippen LogP contribution < -0.4 is 0 Å². The average Bonchev–Trinajstić information content (AvgIpc) is 2.18. The zero-order valence-electron chi connectivity index (χ0n) is 7.47. The second-order valence-electron chi connectivity index (χ2n) is 2.63. The number of carboxylic acid groups (broad SMARTS) is 1. The Bertz CT molecular complexity index is 385. The van der Waals surface area contributed by atoms with Crippen LogP contribution in [-0.2, 0) is 10.8 Å². The number of carboxylic acids is 1. The van der Waals surface area contributed by atoms with Crippen LogP contribution in [0.25, 0.3) is 0 Å². The summed E-state index contributed by atoms with van der Waals surface area (Å²) in [5, 5.41) is 8.70. The summed E-state index contributed by atoms with van der Waals surface area (Å²) in [6.07, 6.45) is 1.55. The molecule has 1 aromatic rings. The largest absolute Gasteiger partial charge is 0.478 e. The van der Waals surface area contributed by atoms with Crippen molar-refractivity contribution in [2.75, 3.05) is 5.75 Å². The van der Waals surface area contributed by atoms with Crippen molar-refractivity contribution in [1.82, 2.24) is 0 Å². The average molecular weight is 210 g/mol. The van der Waals surface area contributed by atoms with E-state index in [0.717, 1.165) is 0 Å². The van der Waals surface area contributed by atoms with E-state index < -0.39 is 16.8 Å². The maximum atomic E-state index is 11.5. The maximum absolute atomic E-state index is 11.5. The van der Waals surface area contributed by atoms with Crippen LogP contribution in [0.3, 0.4) is 0 Å². The van der Waals surface area contributed by atoms with Gasteiger partial charge in [0.2, 0.25) is 0 Å². The van der Waals surface area contributed by atoms with E-state index in [-0.39, 0.29) is 5.56 Å². The van der Waals surface area contributed by atoms with Crippen LogP contribution in [-0.4, -0.2) is 21.0 Å². The minimum absolute atomic E-state index is 0.153. The molecule has 74 valence electrons. The van der Waals surface area contributed by atoms with Crippen molar-refractivity contribution < 1.29 is 14.1 Å². The molecule has 14 heavy (non-hydrogen) atoms. The number of benzene rings is 1. The van der Waals surface area contributed by atoms with Gasteiger partial charge in [0.1, 0.15) is 0 Å². The van der Waals surface area contributed by atoms with Gasteiger partial charge in [-0.25, -0.2) is 4.79 Å². The Morgan fingerprint density at radius 3 is 2.86 bits per heavy atom. The van der Waals surface area contributed by atoms with Gasteiger partial charge in [0.05, 0.1) is 16.4 Å². The highest BCUT2D eigenvalue weighted by atomic mass is 32.2. The van der Waals surface area contributed by atoms with Crippen molar-refractivity contribution in [3.05, 3.63) is 42.5 Å². The summed E-state index contributed by atoms with van der Waals surface area (Å²) in [4.78, 5) is 11.1. The van der Waals surface area contributed by atoms with E-state index in [4.69, 9.17) is 5.11 Å². The lowest BCUT2D eigenvalue weighted by molar-refractivity contribution is 0.0696. The highest BCUT2D eigenvalue weighted by Crippen LogP contribution is 2.10. The fraction of sp³-hybridized carbons (Fsp3) is 0.100. The SMILES string of the molecule is C=CCS(=O)c1cccc(C(=O)O)c1. The first-order valence-corrected chi connectivity index (χ1v) is 5.29. The molecule has 1 N–H and O–H groups in total. The Balaban J connectivity index is 2.99. The third-order valence-corrected chi connectivity index (χ3v) is 2.93. The summed E-state index contributed by atoms with van der Waals surface area (Å²) in [6.45, 7) is 3.47. The van der Waals surface area contributed by atoms with E-state index in [1.807, 2.05) is 0 Å². The molecule has 0 aliphatic rings. The first-order valence-electron chi connectivity index (χ1n) is 3.98. The van der Waals surface area contributed by atoms with Gasteiger partial charge in [-0.1, -0.05) is 12.1 Å². The third kappa shape index (κ3) is 2.53. The lowest BCUT2D eigenvalue weighted by Crippen LogP contribution is -2.00. The van der Waals surface area contributed by atoms with Crippen molar-refractivity contribution in [3.63, 3.8) is 0 Å². The van der Waals surface area contributed by atoms with Crippen LogP contribution in [0.4, 0.5) is 0 Å². The zero-order valence-corrected chi connectivity index (χ0v) is 8.29. The van der Waals surface area contributed by atoms with Gasteiger partial charge in [0, 0.05) is 10.6 Å². The Morgan fingerprint density at radius 2 is 2.29 bits per heavy atom. The van der Waals surface area contributed by atoms with E-state index in [0.29, 0.717) is 10.6 Å². The molecule has 0 aliphatic carbocycles. The molecule has 0 radical (unpaired) electrons. The summed E-state index contributed by atoms with van der Waals surface area (Å²) in [5.74, 6) is -0.675. The number of hydrogen-bond donors (Lipinski definition) is 1. The lowest BCUT2D eigenvalue weighted by atomic mass is 10.2. The van der Waals surface area contributed by atoms with Crippen LogP contribution in [0.1, 0.15) is 10.4 Å². The van der Waals surface area contributed by atoms with Gasteiger partial charge in [0.15, 0.2) is 0 Å². The van der Waals surface area contributed by atoms with Gasteiger partial charge in [-0.2, -0.15) is 0 Å². The van der Waals surface area contributed by atoms with Crippen LogP contribution in [0.5, 0.6) is 0 Å². The maximum Gasteiger partial charge on any atom is 0.335 e. The summed E-state index contributed by atoms with van der Waals surface area (Å²) >= 11 is 0. The Morgan fingerprint density at radius 1 is 1.57 bits per heavy atom. The van der Waals surface area contributed by atoms with Crippen LogP contribution in [0.15, 0.2) is 41.8 Å². The van der Waals surface area contributed by atoms with Gasteiger partial charge in [0.25, 0.3) is 0 Å². The molecular formula is C10H10O3S. The molecule has 1 unspecified atom stereocenters. The van der Waals surface area contributed by atoms with Crippen molar-refractivity contribution >= 4 is 16.8 Å². The van der Waals surface area contributed by atoms with Gasteiger partial charge in [-0.05, 0) is 18.2 Å². The molecule has 0 spiro atoms. The van der Waals surface area contributed by atoms with E-state index >= 15 is 0 Å². The number of carbonyl (C=O) groups is 1. The Hall–Kier alpha value is -1.42. The van der Waals surface area contributed by atoms with E-state index in [1.54, 1.807) is 18.2 Å². The van der Waals surface area contributed by atoms with Gasteiger partial charge in [-0.15, -0.1) is 6.58 Å². The van der Waals surface area contributed by atoms with E-state index in [2.05, 4.69) is 6.58 Å². The third-order valence-electron chi connectivity index (χ3n) is 1.61. The van der Waals surface area contributed by atoms with Crippen molar-refractivity contribution in [1.29, 1.82) is 0 Å². The Labute approximate surface area is 84.5 Å². The minimum atomic E-state index is -1.19. The summed E-state index contributed by atoms with van der Waals surface area (Å²) < 4.78 is 11.5. The van der Waals surface area contributed by atoms with Gasteiger partial charge in [-0.3, -0.25) is 4.21 Å². The first-order chi connectivity index (χ1) is 6.65. The molecule has 0 heterocycles. The molecule has 0 aromatic heterocycles. The second-order valence-corrected chi connectivity index (χ2v) is 4.13. The molecule has 0 saturated heterocycles. The summed E-state index contributed by atoms with van der Waals surface area (Å²) in [7, 11) is -1.19. The molecule has 1 rings (SSSR count). The predicted octanol–water partition coefficient (Wildman–Crippen LogP) is 1.68. The minimum Gasteiger partial charge on any atom is -0.478 e. The van der Waals surface area contributed by atoms with Gasteiger partial charge >= 0.3 is 5.97 Å². The van der Waals surface area contributed by atoms with E-state index in [9.17, 15) is 9.00 Å². The molecule has 1 atom stereocenters. The molecule has 0 fully saturated rings. The summed E-state index contributed by atoms with van der Waals surface area (Å²) in [5.41, 5.74) is 0.153. The fourth-order valence-electron chi connectivity index (χ4n) is 0.974. The second kappa shape index (κ2) is 4.72. The molecule has 1 aromatic carbocycles. The van der Waals surface area contributed by atoms with E-state index in [1.165, 1.54) is 12.1 Å². The molecule has 0 saturated carbocycles. The highest BCUT2D eigenvalue weighted by Gasteiger charge is 2.06. The molecule has 0 aliphatic heterocycles. The standard InChI is InChI=1S/C10H10O3S/c1-2-6-14(13)9-5-3-4-8(7-9)10(11)12/h2-5,7H,1,6H2,(H,11,12). The zero-order chi connectivity index (χ0) is 10.6. The smallest absolute Gasteiger partial charge is 0.335 e.